The van der Waals surface area contributed by atoms with Gasteiger partial charge in [0.15, 0.2) is 0 Å². The smallest absolute Gasteiger partial charge is 0.310 e. The van der Waals surface area contributed by atoms with Gasteiger partial charge < -0.3 is 10.2 Å². The lowest BCUT2D eigenvalue weighted by atomic mass is 10.0. The first-order valence-electron chi connectivity index (χ1n) is 7.05. The second kappa shape index (κ2) is 6.90. The number of halogens is 1. The molecule has 1 fully saturated rings. The summed E-state index contributed by atoms with van der Waals surface area (Å²) < 4.78 is 0. The average molecular weight is 298 g/mol. The number of nitro groups is 1. The lowest BCUT2D eigenvalue weighted by molar-refractivity contribution is -0.384. The minimum Gasteiger partial charge on any atom is -0.362 e. The maximum absolute atomic E-state index is 11.3. The van der Waals surface area contributed by atoms with Crippen molar-refractivity contribution >= 4 is 23.0 Å². The van der Waals surface area contributed by atoms with E-state index in [9.17, 15) is 10.1 Å². The molecule has 1 heterocycles. The van der Waals surface area contributed by atoms with E-state index < -0.39 is 0 Å². The largest absolute Gasteiger partial charge is 0.362 e. The van der Waals surface area contributed by atoms with Gasteiger partial charge in [-0.15, -0.1) is 0 Å². The van der Waals surface area contributed by atoms with Crippen molar-refractivity contribution in [2.75, 3.05) is 24.5 Å². The number of benzene rings is 1. The zero-order valence-corrected chi connectivity index (χ0v) is 12.4. The standard InChI is InChI=1S/C14H20ClN3O2/c1-2-9-17(11-5-4-8-16-10-11)13-7-3-6-12(15)14(13)18(19)20/h3,6-7,11,16H,2,4-5,8-10H2,1H3. The Kier molecular flexibility index (Phi) is 5.20. The molecule has 1 saturated heterocycles. The predicted octanol–water partition coefficient (Wildman–Crippen LogP) is 3.22. The summed E-state index contributed by atoms with van der Waals surface area (Å²) in [7, 11) is 0. The van der Waals surface area contributed by atoms with Gasteiger partial charge in [0.25, 0.3) is 0 Å². The molecule has 1 unspecified atom stereocenters. The van der Waals surface area contributed by atoms with Gasteiger partial charge in [-0.3, -0.25) is 10.1 Å². The minimum atomic E-state index is -0.378. The normalized spacial score (nSPS) is 18.8. The number of para-hydroxylation sites is 1. The highest BCUT2D eigenvalue weighted by atomic mass is 35.5. The fraction of sp³-hybridized carbons (Fsp3) is 0.571. The van der Waals surface area contributed by atoms with Crippen LogP contribution in [0.4, 0.5) is 11.4 Å². The number of nitrogens with zero attached hydrogens (tertiary/aromatic N) is 2. The maximum atomic E-state index is 11.3. The zero-order chi connectivity index (χ0) is 14.5. The van der Waals surface area contributed by atoms with E-state index in [1.54, 1.807) is 18.2 Å². The Labute approximate surface area is 124 Å². The van der Waals surface area contributed by atoms with E-state index in [0.29, 0.717) is 11.7 Å². The molecule has 0 radical (unpaired) electrons. The molecule has 0 spiro atoms. The zero-order valence-electron chi connectivity index (χ0n) is 11.6. The summed E-state index contributed by atoms with van der Waals surface area (Å²) in [5.74, 6) is 0. The molecule has 1 atom stereocenters. The fourth-order valence-corrected chi connectivity index (χ4v) is 3.00. The molecule has 0 bridgehead atoms. The van der Waals surface area contributed by atoms with Gasteiger partial charge in [0.1, 0.15) is 10.7 Å². The molecule has 0 amide bonds. The highest BCUT2D eigenvalue weighted by Crippen LogP contribution is 2.36. The highest BCUT2D eigenvalue weighted by Gasteiger charge is 2.28. The van der Waals surface area contributed by atoms with Crippen LogP contribution in [0.3, 0.4) is 0 Å². The number of nitrogens with one attached hydrogen (secondary N) is 1. The third-order valence-electron chi connectivity index (χ3n) is 3.63. The van der Waals surface area contributed by atoms with Crippen molar-refractivity contribution in [2.45, 2.75) is 32.2 Å². The summed E-state index contributed by atoms with van der Waals surface area (Å²) in [6.07, 6.45) is 3.09. The van der Waals surface area contributed by atoms with Crippen LogP contribution in [0.5, 0.6) is 0 Å². The molecule has 6 heteroatoms. The van der Waals surface area contributed by atoms with Crippen LogP contribution in [-0.2, 0) is 0 Å². The molecule has 5 nitrogen and oxygen atoms in total. The SMILES string of the molecule is CCCN(c1cccc(Cl)c1[N+](=O)[O-])C1CCCNC1. The van der Waals surface area contributed by atoms with Gasteiger partial charge >= 0.3 is 5.69 Å². The van der Waals surface area contributed by atoms with E-state index in [1.807, 2.05) is 0 Å². The van der Waals surface area contributed by atoms with Crippen molar-refractivity contribution in [1.82, 2.24) is 5.32 Å². The lowest BCUT2D eigenvalue weighted by Crippen LogP contribution is -2.46. The number of anilines is 1. The fourth-order valence-electron chi connectivity index (χ4n) is 2.76. The molecule has 1 aromatic carbocycles. The molecular formula is C14H20ClN3O2. The Morgan fingerprint density at radius 3 is 2.95 bits per heavy atom. The van der Waals surface area contributed by atoms with Crippen LogP contribution in [0, 0.1) is 10.1 Å². The Morgan fingerprint density at radius 2 is 2.35 bits per heavy atom. The van der Waals surface area contributed by atoms with E-state index >= 15 is 0 Å². The van der Waals surface area contributed by atoms with Crippen molar-refractivity contribution < 1.29 is 4.92 Å². The van der Waals surface area contributed by atoms with Gasteiger partial charge in [0.2, 0.25) is 0 Å². The Hall–Kier alpha value is -1.33. The summed E-state index contributed by atoms with van der Waals surface area (Å²) >= 11 is 6.02. The topological polar surface area (TPSA) is 58.4 Å². The number of hydrogen-bond donors (Lipinski definition) is 1. The molecule has 1 aromatic rings. The van der Waals surface area contributed by atoms with Gasteiger partial charge in [0.05, 0.1) is 4.92 Å². The van der Waals surface area contributed by atoms with Crippen molar-refractivity contribution in [2.24, 2.45) is 0 Å². The van der Waals surface area contributed by atoms with E-state index in [1.165, 1.54) is 0 Å². The minimum absolute atomic E-state index is 0.0215. The molecule has 0 saturated carbocycles. The van der Waals surface area contributed by atoms with E-state index in [-0.39, 0.29) is 15.6 Å². The molecule has 0 aromatic heterocycles. The summed E-state index contributed by atoms with van der Waals surface area (Å²) in [4.78, 5) is 13.1. The molecule has 1 N–H and O–H groups in total. The first kappa shape index (κ1) is 15.1. The number of nitro benzene ring substituents is 1. The number of hydrogen-bond acceptors (Lipinski definition) is 4. The summed E-state index contributed by atoms with van der Waals surface area (Å²) in [6.45, 7) is 4.77. The summed E-state index contributed by atoms with van der Waals surface area (Å²) in [5, 5.41) is 14.9. The summed E-state index contributed by atoms with van der Waals surface area (Å²) in [6, 6.07) is 5.45. The molecule has 110 valence electrons. The third kappa shape index (κ3) is 3.22. The second-order valence-corrected chi connectivity index (χ2v) is 5.47. The average Bonchev–Trinajstić information content (AvgIpc) is 2.45. The highest BCUT2D eigenvalue weighted by molar-refractivity contribution is 6.33. The van der Waals surface area contributed by atoms with E-state index in [4.69, 9.17) is 11.6 Å². The first-order valence-corrected chi connectivity index (χ1v) is 7.43. The van der Waals surface area contributed by atoms with Gasteiger partial charge in [-0.2, -0.15) is 0 Å². The van der Waals surface area contributed by atoms with E-state index in [2.05, 4.69) is 17.1 Å². The molecule has 20 heavy (non-hydrogen) atoms. The van der Waals surface area contributed by atoms with Crippen molar-refractivity contribution in [1.29, 1.82) is 0 Å². The van der Waals surface area contributed by atoms with Gasteiger partial charge in [-0.05, 0) is 37.9 Å². The molecule has 0 aliphatic carbocycles. The molecule has 1 aliphatic rings. The van der Waals surface area contributed by atoms with Gasteiger partial charge in [-0.1, -0.05) is 24.6 Å². The van der Waals surface area contributed by atoms with Crippen LogP contribution in [0.25, 0.3) is 0 Å². The maximum Gasteiger partial charge on any atom is 0.310 e. The Bertz CT molecular complexity index is 475. The molecule has 2 rings (SSSR count). The van der Waals surface area contributed by atoms with Crippen molar-refractivity contribution in [3.8, 4) is 0 Å². The Morgan fingerprint density at radius 1 is 1.55 bits per heavy atom. The quantitative estimate of drug-likeness (QED) is 0.670. The van der Waals surface area contributed by atoms with Gasteiger partial charge in [-0.25, -0.2) is 0 Å². The van der Waals surface area contributed by atoms with Gasteiger partial charge in [0, 0.05) is 19.1 Å². The van der Waals surface area contributed by atoms with Crippen LogP contribution in [0.15, 0.2) is 18.2 Å². The lowest BCUT2D eigenvalue weighted by Gasteiger charge is -2.36. The molecular weight excluding hydrogens is 278 g/mol. The summed E-state index contributed by atoms with van der Waals surface area (Å²) in [5.41, 5.74) is 0.659. The van der Waals surface area contributed by atoms with Crippen LogP contribution < -0.4 is 10.2 Å². The van der Waals surface area contributed by atoms with Crippen molar-refractivity contribution in [3.63, 3.8) is 0 Å². The van der Waals surface area contributed by atoms with E-state index in [0.717, 1.165) is 38.9 Å². The monoisotopic (exact) mass is 297 g/mol. The van der Waals surface area contributed by atoms with Crippen molar-refractivity contribution in [3.05, 3.63) is 33.3 Å². The Balaban J connectivity index is 2.38. The van der Waals surface area contributed by atoms with Crippen LogP contribution in [0.2, 0.25) is 5.02 Å². The first-order chi connectivity index (χ1) is 9.65. The van der Waals surface area contributed by atoms with Crippen LogP contribution in [0.1, 0.15) is 26.2 Å². The second-order valence-electron chi connectivity index (χ2n) is 5.06. The number of piperidine rings is 1. The molecule has 1 aliphatic heterocycles. The van der Waals surface area contributed by atoms with Crippen LogP contribution >= 0.6 is 11.6 Å². The number of rotatable bonds is 5. The predicted molar refractivity (Wildman–Crippen MR) is 81.6 cm³/mol. The third-order valence-corrected chi connectivity index (χ3v) is 3.94. The van der Waals surface area contributed by atoms with Crippen LogP contribution in [-0.4, -0.2) is 30.6 Å².